The van der Waals surface area contributed by atoms with Crippen LogP contribution in [0.25, 0.3) is 0 Å². The zero-order valence-electron chi connectivity index (χ0n) is 12.0. The molecule has 0 unspecified atom stereocenters. The van der Waals surface area contributed by atoms with Gasteiger partial charge >= 0.3 is 0 Å². The molecule has 2 aromatic carbocycles. The summed E-state index contributed by atoms with van der Waals surface area (Å²) in [7, 11) is 0. The minimum atomic E-state index is 0.707. The van der Waals surface area contributed by atoms with Gasteiger partial charge in [0.25, 0.3) is 0 Å². The second kappa shape index (κ2) is 6.45. The van der Waals surface area contributed by atoms with E-state index in [4.69, 9.17) is 11.6 Å². The van der Waals surface area contributed by atoms with Crippen molar-refractivity contribution >= 4 is 34.6 Å². The Morgan fingerprint density at radius 1 is 0.864 bits per heavy atom. The second-order valence-corrected chi connectivity index (χ2v) is 5.22. The highest BCUT2D eigenvalue weighted by Crippen LogP contribution is 2.26. The maximum absolute atomic E-state index is 6.13. The lowest BCUT2D eigenvalue weighted by molar-refractivity contribution is 1.16. The van der Waals surface area contributed by atoms with Gasteiger partial charge in [-0.1, -0.05) is 35.9 Å². The normalized spacial score (nSPS) is 10.3. The molecule has 0 spiro atoms. The molecule has 0 aliphatic heterocycles. The molecule has 0 saturated heterocycles. The fourth-order valence-corrected chi connectivity index (χ4v) is 2.22. The van der Waals surface area contributed by atoms with E-state index in [0.717, 1.165) is 27.8 Å². The van der Waals surface area contributed by atoms with Crippen LogP contribution >= 0.6 is 11.6 Å². The van der Waals surface area contributed by atoms with Crippen molar-refractivity contribution in [1.29, 1.82) is 0 Å². The first-order valence-corrected chi connectivity index (χ1v) is 7.26. The highest BCUT2D eigenvalue weighted by Gasteiger charge is 2.04. The third-order valence-corrected chi connectivity index (χ3v) is 3.65. The summed E-state index contributed by atoms with van der Waals surface area (Å²) >= 11 is 6.13. The summed E-state index contributed by atoms with van der Waals surface area (Å²) < 4.78 is 0. The van der Waals surface area contributed by atoms with Gasteiger partial charge in [0.2, 0.25) is 0 Å². The molecule has 2 N–H and O–H groups in total. The quantitative estimate of drug-likeness (QED) is 0.717. The van der Waals surface area contributed by atoms with Crippen LogP contribution in [0.3, 0.4) is 0 Å². The number of nitrogens with one attached hydrogen (secondary N) is 2. The molecule has 0 fully saturated rings. The summed E-state index contributed by atoms with van der Waals surface area (Å²) in [5.41, 5.74) is 2.89. The predicted octanol–water partition coefficient (Wildman–Crippen LogP) is 4.93. The molecule has 0 amide bonds. The first kappa shape index (κ1) is 14.4. The van der Waals surface area contributed by atoms with E-state index in [1.165, 1.54) is 6.33 Å². The lowest BCUT2D eigenvalue weighted by Crippen LogP contribution is -1.99. The molecule has 5 heteroatoms. The number of para-hydroxylation sites is 1. The topological polar surface area (TPSA) is 49.8 Å². The van der Waals surface area contributed by atoms with Crippen LogP contribution in [0.2, 0.25) is 5.02 Å². The van der Waals surface area contributed by atoms with E-state index in [2.05, 4.69) is 20.6 Å². The fraction of sp³-hybridized carbons (Fsp3) is 0.0588. The zero-order valence-corrected chi connectivity index (χ0v) is 12.8. The van der Waals surface area contributed by atoms with E-state index in [1.807, 2.05) is 61.5 Å². The lowest BCUT2D eigenvalue weighted by Gasteiger charge is -2.11. The molecule has 3 aromatic rings. The molecule has 0 atom stereocenters. The number of hydrogen-bond donors (Lipinski definition) is 2. The van der Waals surface area contributed by atoms with Crippen LogP contribution in [0.4, 0.5) is 23.0 Å². The number of aromatic nitrogens is 2. The molecule has 110 valence electrons. The van der Waals surface area contributed by atoms with Crippen molar-refractivity contribution in [2.24, 2.45) is 0 Å². The summed E-state index contributed by atoms with van der Waals surface area (Å²) in [5.74, 6) is 1.43. The van der Waals surface area contributed by atoms with Crippen molar-refractivity contribution in [2.45, 2.75) is 6.92 Å². The largest absolute Gasteiger partial charge is 0.340 e. The highest BCUT2D eigenvalue weighted by atomic mass is 35.5. The highest BCUT2D eigenvalue weighted by molar-refractivity contribution is 6.31. The summed E-state index contributed by atoms with van der Waals surface area (Å²) in [5, 5.41) is 7.23. The SMILES string of the molecule is Cc1c(Cl)cccc1Nc1cc(Nc2ccccc2)ncn1. The molecule has 22 heavy (non-hydrogen) atoms. The van der Waals surface area contributed by atoms with Gasteiger partial charge in [-0.15, -0.1) is 0 Å². The standard InChI is InChI=1S/C17H15ClN4/c1-12-14(18)8-5-9-15(12)22-17-10-16(19-11-20-17)21-13-6-3-2-4-7-13/h2-11H,1H3,(H2,19,20,21,22). The average Bonchev–Trinajstić information content (AvgIpc) is 2.53. The number of rotatable bonds is 4. The first-order valence-electron chi connectivity index (χ1n) is 6.88. The van der Waals surface area contributed by atoms with Crippen molar-refractivity contribution in [3.63, 3.8) is 0 Å². The van der Waals surface area contributed by atoms with Gasteiger partial charge in [0.05, 0.1) is 0 Å². The molecule has 0 radical (unpaired) electrons. The van der Waals surface area contributed by atoms with Crippen molar-refractivity contribution < 1.29 is 0 Å². The van der Waals surface area contributed by atoms with E-state index in [0.29, 0.717) is 5.82 Å². The smallest absolute Gasteiger partial charge is 0.135 e. The van der Waals surface area contributed by atoms with Gasteiger partial charge in [0.1, 0.15) is 18.0 Å². The van der Waals surface area contributed by atoms with E-state index < -0.39 is 0 Å². The van der Waals surface area contributed by atoms with E-state index in [1.54, 1.807) is 0 Å². The van der Waals surface area contributed by atoms with Crippen LogP contribution in [0.1, 0.15) is 5.56 Å². The monoisotopic (exact) mass is 310 g/mol. The van der Waals surface area contributed by atoms with E-state index in [-0.39, 0.29) is 0 Å². The Morgan fingerprint density at radius 3 is 2.36 bits per heavy atom. The van der Waals surface area contributed by atoms with E-state index >= 15 is 0 Å². The van der Waals surface area contributed by atoms with Crippen LogP contribution in [0, 0.1) is 6.92 Å². The Kier molecular flexibility index (Phi) is 4.21. The number of nitrogens with zero attached hydrogens (tertiary/aromatic N) is 2. The van der Waals surface area contributed by atoms with Gasteiger partial charge in [0.15, 0.2) is 0 Å². The number of halogens is 1. The van der Waals surface area contributed by atoms with Gasteiger partial charge in [0, 0.05) is 22.5 Å². The molecular weight excluding hydrogens is 296 g/mol. The first-order chi connectivity index (χ1) is 10.7. The molecule has 0 saturated carbocycles. The maximum atomic E-state index is 6.13. The van der Waals surface area contributed by atoms with Crippen LogP contribution in [0.15, 0.2) is 60.9 Å². The Bertz CT molecular complexity index is 775. The van der Waals surface area contributed by atoms with Crippen molar-refractivity contribution in [1.82, 2.24) is 9.97 Å². The van der Waals surface area contributed by atoms with Crippen molar-refractivity contribution in [2.75, 3.05) is 10.6 Å². The molecule has 1 heterocycles. The molecule has 4 nitrogen and oxygen atoms in total. The van der Waals surface area contributed by atoms with Gasteiger partial charge in [-0.2, -0.15) is 0 Å². The van der Waals surface area contributed by atoms with Crippen LogP contribution < -0.4 is 10.6 Å². The third kappa shape index (κ3) is 3.35. The molecule has 0 aliphatic rings. The van der Waals surface area contributed by atoms with Crippen LogP contribution in [-0.2, 0) is 0 Å². The van der Waals surface area contributed by atoms with Crippen molar-refractivity contribution in [3.8, 4) is 0 Å². The van der Waals surface area contributed by atoms with Gasteiger partial charge in [-0.05, 0) is 36.8 Å². The number of hydrogen-bond acceptors (Lipinski definition) is 4. The Labute approximate surface area is 134 Å². The van der Waals surface area contributed by atoms with Gasteiger partial charge in [-0.3, -0.25) is 0 Å². The Hall–Kier alpha value is -2.59. The van der Waals surface area contributed by atoms with Crippen LogP contribution in [0.5, 0.6) is 0 Å². The lowest BCUT2D eigenvalue weighted by atomic mass is 10.2. The Balaban J connectivity index is 1.81. The third-order valence-electron chi connectivity index (χ3n) is 3.24. The van der Waals surface area contributed by atoms with Crippen LogP contribution in [-0.4, -0.2) is 9.97 Å². The summed E-state index contributed by atoms with van der Waals surface area (Å²) in [6.45, 7) is 1.97. The number of anilines is 4. The molecular formula is C17H15ClN4. The molecule has 3 rings (SSSR count). The molecule has 0 bridgehead atoms. The fourth-order valence-electron chi connectivity index (χ4n) is 2.04. The average molecular weight is 311 g/mol. The summed E-state index contributed by atoms with van der Waals surface area (Å²) in [6, 6.07) is 17.5. The van der Waals surface area contributed by atoms with E-state index in [9.17, 15) is 0 Å². The zero-order chi connectivity index (χ0) is 15.4. The summed E-state index contributed by atoms with van der Waals surface area (Å²) in [4.78, 5) is 8.47. The Morgan fingerprint density at radius 2 is 1.59 bits per heavy atom. The van der Waals surface area contributed by atoms with Gasteiger partial charge < -0.3 is 10.6 Å². The van der Waals surface area contributed by atoms with Crippen molar-refractivity contribution in [3.05, 3.63) is 71.5 Å². The maximum Gasteiger partial charge on any atom is 0.135 e. The molecule has 1 aromatic heterocycles. The second-order valence-electron chi connectivity index (χ2n) is 4.82. The number of benzene rings is 2. The predicted molar refractivity (Wildman–Crippen MR) is 91.2 cm³/mol. The van der Waals surface area contributed by atoms with Gasteiger partial charge in [-0.25, -0.2) is 9.97 Å². The minimum Gasteiger partial charge on any atom is -0.340 e. The molecule has 0 aliphatic carbocycles. The summed E-state index contributed by atoms with van der Waals surface area (Å²) in [6.07, 6.45) is 1.52. The minimum absolute atomic E-state index is 0.707.